The number of carboxylic acid groups (broad SMARTS) is 1. The number of carboxylic acids is 1. The van der Waals surface area contributed by atoms with Gasteiger partial charge in [-0.3, -0.25) is 4.79 Å². The summed E-state index contributed by atoms with van der Waals surface area (Å²) in [6.45, 7) is 15.8. The fourth-order valence-corrected chi connectivity index (χ4v) is 3.82. The van der Waals surface area contributed by atoms with Gasteiger partial charge in [0, 0.05) is 0 Å². The SMILES string of the molecule is C=C(C)O[Si](CCC(=O)O)(OC(=C)C)OC(=C)C. The van der Waals surface area contributed by atoms with Crippen LogP contribution in [0.3, 0.4) is 0 Å². The van der Waals surface area contributed by atoms with Gasteiger partial charge in [0.15, 0.2) is 0 Å². The van der Waals surface area contributed by atoms with Gasteiger partial charge in [0.05, 0.1) is 29.7 Å². The Bertz CT molecular complexity index is 321. The minimum atomic E-state index is -3.23. The van der Waals surface area contributed by atoms with Crippen molar-refractivity contribution in [1.82, 2.24) is 0 Å². The molecule has 0 saturated carbocycles. The number of rotatable bonds is 9. The van der Waals surface area contributed by atoms with Crippen molar-refractivity contribution in [2.45, 2.75) is 33.2 Å². The van der Waals surface area contributed by atoms with E-state index in [1.165, 1.54) is 0 Å². The van der Waals surface area contributed by atoms with Crippen LogP contribution < -0.4 is 0 Å². The summed E-state index contributed by atoms with van der Waals surface area (Å²) in [5.74, 6) is 0.242. The van der Waals surface area contributed by atoms with Crippen molar-refractivity contribution in [3.8, 4) is 0 Å². The minimum Gasteiger partial charge on any atom is -0.488 e. The predicted molar refractivity (Wildman–Crippen MR) is 70.5 cm³/mol. The summed E-state index contributed by atoms with van der Waals surface area (Å²) < 4.78 is 16.6. The van der Waals surface area contributed by atoms with E-state index in [1.807, 2.05) is 0 Å². The highest BCUT2D eigenvalue weighted by Gasteiger charge is 2.48. The van der Waals surface area contributed by atoms with Crippen molar-refractivity contribution in [2.24, 2.45) is 0 Å². The average molecular weight is 272 g/mol. The Balaban J connectivity index is 5.08. The number of aliphatic carboxylic acids is 1. The minimum absolute atomic E-state index is 0.120. The van der Waals surface area contributed by atoms with Crippen LogP contribution in [0.4, 0.5) is 0 Å². The highest BCUT2D eigenvalue weighted by atomic mass is 28.4. The first kappa shape index (κ1) is 16.3. The first-order valence-electron chi connectivity index (χ1n) is 5.42. The first-order chi connectivity index (χ1) is 8.17. The van der Waals surface area contributed by atoms with Crippen LogP contribution in [0.2, 0.25) is 6.04 Å². The van der Waals surface area contributed by atoms with E-state index >= 15 is 0 Å². The molecule has 0 aliphatic rings. The molecular formula is C12H20O5Si. The molecule has 0 amide bonds. The Morgan fingerprint density at radius 3 is 1.56 bits per heavy atom. The molecule has 102 valence electrons. The van der Waals surface area contributed by atoms with Crippen LogP contribution in [0.15, 0.2) is 37.0 Å². The van der Waals surface area contributed by atoms with Crippen molar-refractivity contribution < 1.29 is 23.2 Å². The average Bonchev–Trinajstić information content (AvgIpc) is 2.11. The lowest BCUT2D eigenvalue weighted by atomic mass is 10.5. The number of hydrogen-bond acceptors (Lipinski definition) is 4. The second-order valence-electron chi connectivity index (χ2n) is 3.99. The molecule has 0 aliphatic heterocycles. The van der Waals surface area contributed by atoms with Gasteiger partial charge in [-0.25, -0.2) is 0 Å². The molecule has 5 nitrogen and oxygen atoms in total. The van der Waals surface area contributed by atoms with Crippen LogP contribution in [-0.2, 0) is 18.1 Å². The zero-order valence-corrected chi connectivity index (χ0v) is 12.1. The largest absolute Gasteiger partial charge is 0.699 e. The molecule has 0 aromatic rings. The summed E-state index contributed by atoms with van der Waals surface area (Å²) in [7, 11) is -3.23. The van der Waals surface area contributed by atoms with E-state index in [0.29, 0.717) is 17.3 Å². The van der Waals surface area contributed by atoms with Crippen LogP contribution >= 0.6 is 0 Å². The molecule has 0 rings (SSSR count). The standard InChI is InChI=1S/C12H20O5Si/c1-9(2)15-18(16-10(3)4,17-11(5)6)8-7-12(13)14/h1,3,5,7-8H2,2,4,6H3,(H,13,14). The summed E-state index contributed by atoms with van der Waals surface area (Å²) in [5.41, 5.74) is 0. The first-order valence-corrected chi connectivity index (χ1v) is 7.35. The second-order valence-corrected chi connectivity index (χ2v) is 6.47. The predicted octanol–water partition coefficient (Wildman–Crippen LogP) is 3.05. The van der Waals surface area contributed by atoms with Gasteiger partial charge in [0.25, 0.3) is 0 Å². The molecule has 0 aromatic heterocycles. The lowest BCUT2D eigenvalue weighted by Gasteiger charge is -2.30. The smallest absolute Gasteiger partial charge is 0.488 e. The quantitative estimate of drug-likeness (QED) is 0.516. The molecule has 0 heterocycles. The van der Waals surface area contributed by atoms with Gasteiger partial charge in [0.2, 0.25) is 0 Å². The monoisotopic (exact) mass is 272 g/mol. The molecule has 0 atom stereocenters. The highest BCUT2D eigenvalue weighted by molar-refractivity contribution is 6.61. The zero-order valence-electron chi connectivity index (χ0n) is 11.1. The molecule has 0 bridgehead atoms. The van der Waals surface area contributed by atoms with Crippen LogP contribution in [-0.4, -0.2) is 19.9 Å². The maximum atomic E-state index is 10.7. The fourth-order valence-electron chi connectivity index (χ4n) is 1.27. The molecular weight excluding hydrogens is 252 g/mol. The summed E-state index contributed by atoms with van der Waals surface area (Å²) in [6.07, 6.45) is -0.125. The Morgan fingerprint density at radius 1 is 1.00 bits per heavy atom. The molecule has 1 N–H and O–H groups in total. The Labute approximate surface area is 109 Å². The topological polar surface area (TPSA) is 65.0 Å². The number of hydrogen-bond donors (Lipinski definition) is 1. The molecule has 0 spiro atoms. The van der Waals surface area contributed by atoms with E-state index in [1.54, 1.807) is 20.8 Å². The van der Waals surface area contributed by atoms with Gasteiger partial charge >= 0.3 is 14.8 Å². The van der Waals surface area contributed by atoms with Crippen LogP contribution in [0.5, 0.6) is 0 Å². The van der Waals surface area contributed by atoms with Crippen molar-refractivity contribution in [1.29, 1.82) is 0 Å². The lowest BCUT2D eigenvalue weighted by Crippen LogP contribution is -2.44. The van der Waals surface area contributed by atoms with Gasteiger partial charge in [-0.05, 0) is 20.8 Å². The third kappa shape index (κ3) is 6.80. The molecule has 0 aliphatic carbocycles. The second kappa shape index (κ2) is 6.90. The third-order valence-electron chi connectivity index (χ3n) is 1.63. The van der Waals surface area contributed by atoms with E-state index in [2.05, 4.69) is 19.7 Å². The molecule has 0 saturated heterocycles. The van der Waals surface area contributed by atoms with E-state index in [9.17, 15) is 4.79 Å². The number of carbonyl (C=O) groups is 1. The van der Waals surface area contributed by atoms with Gasteiger partial charge in [-0.15, -0.1) is 0 Å². The molecule has 0 fully saturated rings. The third-order valence-corrected chi connectivity index (χ3v) is 4.48. The zero-order chi connectivity index (χ0) is 14.3. The van der Waals surface area contributed by atoms with Crippen molar-refractivity contribution >= 4 is 14.8 Å². The number of allylic oxidation sites excluding steroid dienone is 3. The van der Waals surface area contributed by atoms with Gasteiger partial charge < -0.3 is 18.4 Å². The van der Waals surface area contributed by atoms with Crippen LogP contribution in [0, 0.1) is 0 Å². The van der Waals surface area contributed by atoms with Gasteiger partial charge in [-0.1, -0.05) is 19.7 Å². The molecule has 0 radical (unpaired) electrons. The van der Waals surface area contributed by atoms with E-state index in [4.69, 9.17) is 18.4 Å². The van der Waals surface area contributed by atoms with Crippen molar-refractivity contribution in [2.75, 3.05) is 0 Å². The maximum absolute atomic E-state index is 10.7. The van der Waals surface area contributed by atoms with E-state index in [0.717, 1.165) is 0 Å². The lowest BCUT2D eigenvalue weighted by molar-refractivity contribution is -0.136. The van der Waals surface area contributed by atoms with E-state index in [-0.39, 0.29) is 12.5 Å². The normalized spacial score (nSPS) is 10.4. The van der Waals surface area contributed by atoms with Crippen LogP contribution in [0.25, 0.3) is 0 Å². The Morgan fingerprint density at radius 2 is 1.33 bits per heavy atom. The molecule has 6 heteroatoms. The molecule has 0 unspecified atom stereocenters. The summed E-state index contributed by atoms with van der Waals surface area (Å²) in [5, 5.41) is 8.77. The highest BCUT2D eigenvalue weighted by Crippen LogP contribution is 2.25. The summed E-state index contributed by atoms with van der Waals surface area (Å²) in [4.78, 5) is 10.7. The Hall–Kier alpha value is -1.69. The van der Waals surface area contributed by atoms with Crippen molar-refractivity contribution in [3.63, 3.8) is 0 Å². The Kier molecular flexibility index (Phi) is 6.25. The maximum Gasteiger partial charge on any atom is 0.699 e. The summed E-state index contributed by atoms with van der Waals surface area (Å²) >= 11 is 0. The van der Waals surface area contributed by atoms with Crippen LogP contribution in [0.1, 0.15) is 27.2 Å². The van der Waals surface area contributed by atoms with E-state index < -0.39 is 14.8 Å². The van der Waals surface area contributed by atoms with Gasteiger partial charge in [-0.2, -0.15) is 0 Å². The fraction of sp³-hybridized carbons (Fsp3) is 0.417. The van der Waals surface area contributed by atoms with Gasteiger partial charge in [0.1, 0.15) is 0 Å². The van der Waals surface area contributed by atoms with Crippen molar-refractivity contribution in [3.05, 3.63) is 37.0 Å². The molecule has 0 aromatic carbocycles. The molecule has 18 heavy (non-hydrogen) atoms. The summed E-state index contributed by atoms with van der Waals surface area (Å²) in [6, 6.07) is 0.120.